The van der Waals surface area contributed by atoms with Crippen LogP contribution in [0.2, 0.25) is 10.0 Å². The first-order valence-corrected chi connectivity index (χ1v) is 13.4. The maximum atomic E-state index is 11.1. The summed E-state index contributed by atoms with van der Waals surface area (Å²) in [7, 11) is 0. The van der Waals surface area contributed by atoms with E-state index < -0.39 is 5.60 Å². The molecule has 1 aliphatic heterocycles. The average Bonchev–Trinajstić information content (AvgIpc) is 3.00. The van der Waals surface area contributed by atoms with E-state index in [1.54, 1.807) is 18.2 Å². The van der Waals surface area contributed by atoms with Gasteiger partial charge >= 0.3 is 0 Å². The first-order valence-electron chi connectivity index (χ1n) is 12.7. The van der Waals surface area contributed by atoms with Gasteiger partial charge in [0.1, 0.15) is 24.7 Å². The number of hydrogen-bond donors (Lipinski definition) is 1. The molecule has 194 valence electrons. The summed E-state index contributed by atoms with van der Waals surface area (Å²) < 4.78 is 11.8. The number of likely N-dealkylation sites (tertiary alicyclic amines) is 1. The lowest BCUT2D eigenvalue weighted by atomic mass is 9.96. The first-order chi connectivity index (χ1) is 16.6. The molecule has 3 rings (SSSR count). The van der Waals surface area contributed by atoms with Gasteiger partial charge in [-0.15, -0.1) is 0 Å². The smallest absolute Gasteiger partial charge is 0.121 e. The minimum atomic E-state index is -0.849. The molecule has 1 saturated heterocycles. The van der Waals surface area contributed by atoms with E-state index in [2.05, 4.69) is 61.8 Å². The third-order valence-electron chi connectivity index (χ3n) is 6.68. The molecule has 1 fully saturated rings. The summed E-state index contributed by atoms with van der Waals surface area (Å²) in [6.07, 6.45) is 2.30. The molecule has 35 heavy (non-hydrogen) atoms. The van der Waals surface area contributed by atoms with E-state index in [-0.39, 0.29) is 6.61 Å². The first kappa shape index (κ1) is 28.1. The summed E-state index contributed by atoms with van der Waals surface area (Å²) in [6, 6.07) is 14.6. The second-order valence-electron chi connectivity index (χ2n) is 10.1. The number of hydrogen-bond acceptors (Lipinski definition) is 5. The van der Waals surface area contributed by atoms with E-state index in [0.29, 0.717) is 47.3 Å². The fraction of sp³-hybridized carbons (Fsp3) is 0.571. The third kappa shape index (κ3) is 8.83. The van der Waals surface area contributed by atoms with Gasteiger partial charge < -0.3 is 14.6 Å². The van der Waals surface area contributed by atoms with Crippen molar-refractivity contribution in [1.82, 2.24) is 9.80 Å². The SMILES string of the molecule is CC(C)N(CCOc1ccc(CN2CCC[C@](O)(COc3ccc(Cl)c(Cl)c3)CC2)cc1)C(C)C. The van der Waals surface area contributed by atoms with Gasteiger partial charge in [-0.25, -0.2) is 0 Å². The van der Waals surface area contributed by atoms with Crippen LogP contribution in [0, 0.1) is 0 Å². The fourth-order valence-corrected chi connectivity index (χ4v) is 4.94. The van der Waals surface area contributed by atoms with E-state index in [1.807, 2.05) is 0 Å². The Morgan fingerprint density at radius 2 is 1.60 bits per heavy atom. The standard InChI is InChI=1S/C28H40Cl2N2O3/c1-21(2)32(22(3)4)16-17-34-24-8-6-23(7-9-24)19-31-14-5-12-28(33,13-15-31)20-35-25-10-11-26(29)27(30)18-25/h6-11,18,21-22,33H,5,12-17,19-20H2,1-4H3/t28-/m1/s1. The van der Waals surface area contributed by atoms with Gasteiger partial charge in [0.05, 0.1) is 15.6 Å². The van der Waals surface area contributed by atoms with Gasteiger partial charge in [0.15, 0.2) is 0 Å². The lowest BCUT2D eigenvalue weighted by Crippen LogP contribution is -2.39. The molecular formula is C28H40Cl2N2O3. The van der Waals surface area contributed by atoms with Gasteiger partial charge in [-0.3, -0.25) is 9.80 Å². The van der Waals surface area contributed by atoms with Crippen LogP contribution in [-0.2, 0) is 6.54 Å². The van der Waals surface area contributed by atoms with Crippen molar-refractivity contribution >= 4 is 23.2 Å². The molecule has 0 spiro atoms. The Morgan fingerprint density at radius 1 is 0.914 bits per heavy atom. The highest BCUT2D eigenvalue weighted by Crippen LogP contribution is 2.29. The molecule has 0 bridgehead atoms. The van der Waals surface area contributed by atoms with E-state index in [0.717, 1.165) is 38.3 Å². The molecule has 0 aromatic heterocycles. The lowest BCUT2D eigenvalue weighted by molar-refractivity contribution is -0.0168. The van der Waals surface area contributed by atoms with E-state index in [1.165, 1.54) is 5.56 Å². The number of ether oxygens (including phenoxy) is 2. The Morgan fingerprint density at radius 3 is 2.26 bits per heavy atom. The Balaban J connectivity index is 1.44. The van der Waals surface area contributed by atoms with Gasteiger partial charge in [0, 0.05) is 37.8 Å². The van der Waals surface area contributed by atoms with Crippen molar-refractivity contribution in [3.63, 3.8) is 0 Å². The van der Waals surface area contributed by atoms with Crippen LogP contribution < -0.4 is 9.47 Å². The molecule has 1 N–H and O–H groups in total. The van der Waals surface area contributed by atoms with Crippen molar-refractivity contribution in [2.24, 2.45) is 0 Å². The maximum absolute atomic E-state index is 11.1. The van der Waals surface area contributed by atoms with Crippen LogP contribution in [0.3, 0.4) is 0 Å². The third-order valence-corrected chi connectivity index (χ3v) is 7.42. The molecular weight excluding hydrogens is 483 g/mol. The summed E-state index contributed by atoms with van der Waals surface area (Å²) in [5.74, 6) is 1.53. The molecule has 0 amide bonds. The van der Waals surface area contributed by atoms with Gasteiger partial charge in [-0.05, 0) is 83.3 Å². The number of benzene rings is 2. The van der Waals surface area contributed by atoms with E-state index in [4.69, 9.17) is 32.7 Å². The van der Waals surface area contributed by atoms with Crippen LogP contribution in [0.4, 0.5) is 0 Å². The maximum Gasteiger partial charge on any atom is 0.121 e. The zero-order chi connectivity index (χ0) is 25.4. The van der Waals surface area contributed by atoms with Gasteiger partial charge in [0.25, 0.3) is 0 Å². The van der Waals surface area contributed by atoms with Gasteiger partial charge in [-0.2, -0.15) is 0 Å². The summed E-state index contributed by atoms with van der Waals surface area (Å²) in [5.41, 5.74) is 0.402. The fourth-order valence-electron chi connectivity index (χ4n) is 4.65. The predicted octanol–water partition coefficient (Wildman–Crippen LogP) is 6.29. The summed E-state index contributed by atoms with van der Waals surface area (Å²) in [4.78, 5) is 4.83. The Labute approximate surface area is 220 Å². The molecule has 5 nitrogen and oxygen atoms in total. The molecule has 0 unspecified atom stereocenters. The largest absolute Gasteiger partial charge is 0.492 e. The zero-order valence-corrected chi connectivity index (χ0v) is 23.0. The number of halogens is 2. The van der Waals surface area contributed by atoms with Crippen LogP contribution in [0.5, 0.6) is 11.5 Å². The number of nitrogens with zero attached hydrogens (tertiary/aromatic N) is 2. The summed E-state index contributed by atoms with van der Waals surface area (Å²) in [5, 5.41) is 12.1. The highest BCUT2D eigenvalue weighted by atomic mass is 35.5. The number of rotatable bonds is 11. The summed E-state index contributed by atoms with van der Waals surface area (Å²) in [6.45, 7) is 13.4. The van der Waals surface area contributed by atoms with Crippen LogP contribution in [0.1, 0.15) is 52.5 Å². The molecule has 1 atom stereocenters. The van der Waals surface area contributed by atoms with Crippen molar-refractivity contribution < 1.29 is 14.6 Å². The average molecular weight is 524 g/mol. The Kier molecular flexibility index (Phi) is 10.6. The summed E-state index contributed by atoms with van der Waals surface area (Å²) >= 11 is 12.0. The minimum absolute atomic E-state index is 0.246. The second-order valence-corrected chi connectivity index (χ2v) is 11.0. The highest BCUT2D eigenvalue weighted by Gasteiger charge is 2.31. The van der Waals surface area contributed by atoms with Crippen molar-refractivity contribution in [2.45, 2.75) is 71.2 Å². The van der Waals surface area contributed by atoms with Crippen LogP contribution in [-0.4, -0.2) is 65.4 Å². The van der Waals surface area contributed by atoms with Crippen molar-refractivity contribution in [1.29, 1.82) is 0 Å². The van der Waals surface area contributed by atoms with E-state index in [9.17, 15) is 5.11 Å². The van der Waals surface area contributed by atoms with Crippen LogP contribution in [0.25, 0.3) is 0 Å². The van der Waals surface area contributed by atoms with Crippen molar-refractivity contribution in [2.75, 3.05) is 32.8 Å². The van der Waals surface area contributed by atoms with Gasteiger partial charge in [0.2, 0.25) is 0 Å². The van der Waals surface area contributed by atoms with Crippen molar-refractivity contribution in [3.05, 3.63) is 58.1 Å². The topological polar surface area (TPSA) is 45.2 Å². The van der Waals surface area contributed by atoms with Crippen LogP contribution >= 0.6 is 23.2 Å². The molecule has 0 saturated carbocycles. The molecule has 0 radical (unpaired) electrons. The quantitative estimate of drug-likeness (QED) is 0.375. The Bertz CT molecular complexity index is 915. The normalized spacial score (nSPS) is 19.4. The molecule has 1 heterocycles. The molecule has 7 heteroatoms. The minimum Gasteiger partial charge on any atom is -0.492 e. The van der Waals surface area contributed by atoms with Gasteiger partial charge in [-0.1, -0.05) is 35.3 Å². The zero-order valence-electron chi connectivity index (χ0n) is 21.5. The van der Waals surface area contributed by atoms with Crippen molar-refractivity contribution in [3.8, 4) is 11.5 Å². The molecule has 2 aromatic rings. The molecule has 1 aliphatic rings. The van der Waals surface area contributed by atoms with Crippen LogP contribution in [0.15, 0.2) is 42.5 Å². The molecule has 2 aromatic carbocycles. The second kappa shape index (κ2) is 13.2. The lowest BCUT2D eigenvalue weighted by Gasteiger charge is -2.30. The predicted molar refractivity (Wildman–Crippen MR) is 145 cm³/mol. The molecule has 0 aliphatic carbocycles. The highest BCUT2D eigenvalue weighted by molar-refractivity contribution is 6.42. The number of aliphatic hydroxyl groups is 1. The Hall–Kier alpha value is -1.50. The van der Waals surface area contributed by atoms with E-state index >= 15 is 0 Å². The monoisotopic (exact) mass is 522 g/mol.